The molecule has 4 rings (SSSR count). The van der Waals surface area contributed by atoms with Gasteiger partial charge in [-0.1, -0.05) is 0 Å². The Hall–Kier alpha value is -3.29. The standard InChI is InChI=1S/C18H18N6O2/c1-10(25)21-15-6-3-11(8-19-15)13-7-14-16(18(26)24(2)9-20-14)17(23-13)22-12-4-5-12/h3,6-9,12H,4-5H2,1-2H3,(H,22,23)(H,19,21,25). The van der Waals surface area contributed by atoms with Crippen LogP contribution >= 0.6 is 0 Å². The summed E-state index contributed by atoms with van der Waals surface area (Å²) in [7, 11) is 1.67. The van der Waals surface area contributed by atoms with Gasteiger partial charge in [-0.2, -0.15) is 0 Å². The zero-order valence-corrected chi connectivity index (χ0v) is 14.5. The molecule has 3 heterocycles. The van der Waals surface area contributed by atoms with Gasteiger partial charge in [-0.25, -0.2) is 15.0 Å². The topological polar surface area (TPSA) is 102 Å². The van der Waals surface area contributed by atoms with Crippen molar-refractivity contribution in [1.29, 1.82) is 0 Å². The van der Waals surface area contributed by atoms with Crippen LogP contribution in [0.15, 0.2) is 35.5 Å². The summed E-state index contributed by atoms with van der Waals surface area (Å²) in [5, 5.41) is 6.46. The summed E-state index contributed by atoms with van der Waals surface area (Å²) in [6.45, 7) is 1.43. The van der Waals surface area contributed by atoms with Crippen LogP contribution in [0.3, 0.4) is 0 Å². The van der Waals surface area contributed by atoms with Gasteiger partial charge >= 0.3 is 0 Å². The van der Waals surface area contributed by atoms with Gasteiger partial charge in [0.1, 0.15) is 17.0 Å². The van der Waals surface area contributed by atoms with Crippen LogP contribution in [0.4, 0.5) is 11.6 Å². The minimum Gasteiger partial charge on any atom is -0.367 e. The van der Waals surface area contributed by atoms with Crippen molar-refractivity contribution in [1.82, 2.24) is 19.5 Å². The Labute approximate surface area is 149 Å². The van der Waals surface area contributed by atoms with E-state index < -0.39 is 0 Å². The third-order valence-electron chi connectivity index (χ3n) is 4.18. The lowest BCUT2D eigenvalue weighted by atomic mass is 10.1. The molecular formula is C18H18N6O2. The van der Waals surface area contributed by atoms with Crippen LogP contribution in [0, 0.1) is 0 Å². The predicted octanol–water partition coefficient (Wildman–Crippen LogP) is 1.92. The largest absolute Gasteiger partial charge is 0.367 e. The van der Waals surface area contributed by atoms with Crippen LogP contribution in [0.1, 0.15) is 19.8 Å². The molecule has 26 heavy (non-hydrogen) atoms. The number of nitrogens with one attached hydrogen (secondary N) is 2. The second-order valence-electron chi connectivity index (χ2n) is 6.44. The first-order valence-corrected chi connectivity index (χ1v) is 8.38. The normalized spacial score (nSPS) is 13.6. The summed E-state index contributed by atoms with van der Waals surface area (Å²) >= 11 is 0. The summed E-state index contributed by atoms with van der Waals surface area (Å²) < 4.78 is 1.45. The third kappa shape index (κ3) is 3.13. The highest BCUT2D eigenvalue weighted by Gasteiger charge is 2.24. The van der Waals surface area contributed by atoms with Crippen molar-refractivity contribution >= 4 is 28.4 Å². The molecule has 8 nitrogen and oxygen atoms in total. The van der Waals surface area contributed by atoms with E-state index in [-0.39, 0.29) is 11.5 Å². The Balaban J connectivity index is 1.81. The van der Waals surface area contributed by atoms with Crippen molar-refractivity contribution in [3.63, 3.8) is 0 Å². The number of pyridine rings is 2. The molecule has 0 aromatic carbocycles. The summed E-state index contributed by atoms with van der Waals surface area (Å²) in [5.41, 5.74) is 1.91. The van der Waals surface area contributed by atoms with E-state index in [1.165, 1.54) is 17.8 Å². The van der Waals surface area contributed by atoms with Gasteiger partial charge in [-0.05, 0) is 31.0 Å². The zero-order chi connectivity index (χ0) is 18.3. The number of aromatic nitrogens is 4. The summed E-state index contributed by atoms with van der Waals surface area (Å²) in [6.07, 6.45) is 5.29. The maximum atomic E-state index is 12.5. The minimum atomic E-state index is -0.176. The van der Waals surface area contributed by atoms with E-state index in [0.717, 1.165) is 18.4 Å². The van der Waals surface area contributed by atoms with E-state index in [0.29, 0.717) is 34.3 Å². The van der Waals surface area contributed by atoms with Crippen molar-refractivity contribution in [2.24, 2.45) is 7.05 Å². The van der Waals surface area contributed by atoms with Crippen LogP contribution in [-0.4, -0.2) is 31.5 Å². The van der Waals surface area contributed by atoms with Gasteiger partial charge in [0.2, 0.25) is 5.91 Å². The minimum absolute atomic E-state index is 0.128. The van der Waals surface area contributed by atoms with Crippen molar-refractivity contribution in [3.8, 4) is 11.3 Å². The molecule has 0 aliphatic heterocycles. The monoisotopic (exact) mass is 350 g/mol. The highest BCUT2D eigenvalue weighted by molar-refractivity contribution is 5.91. The summed E-state index contributed by atoms with van der Waals surface area (Å²) in [4.78, 5) is 36.9. The number of hydrogen-bond acceptors (Lipinski definition) is 6. The lowest BCUT2D eigenvalue weighted by Gasteiger charge is -2.11. The molecule has 0 saturated heterocycles. The predicted molar refractivity (Wildman–Crippen MR) is 99.0 cm³/mol. The van der Waals surface area contributed by atoms with Crippen molar-refractivity contribution in [2.45, 2.75) is 25.8 Å². The lowest BCUT2D eigenvalue weighted by molar-refractivity contribution is -0.114. The summed E-state index contributed by atoms with van der Waals surface area (Å²) in [6, 6.07) is 5.68. The first-order chi connectivity index (χ1) is 12.5. The highest BCUT2D eigenvalue weighted by Crippen LogP contribution is 2.29. The zero-order valence-electron chi connectivity index (χ0n) is 14.5. The molecule has 1 amide bonds. The Morgan fingerprint density at radius 2 is 2.08 bits per heavy atom. The molecule has 3 aromatic heterocycles. The second-order valence-corrected chi connectivity index (χ2v) is 6.44. The second kappa shape index (κ2) is 6.21. The number of rotatable bonds is 4. The average molecular weight is 350 g/mol. The molecule has 0 unspecified atom stereocenters. The maximum Gasteiger partial charge on any atom is 0.264 e. The fourth-order valence-corrected chi connectivity index (χ4v) is 2.69. The van der Waals surface area contributed by atoms with E-state index in [1.54, 1.807) is 25.4 Å². The van der Waals surface area contributed by atoms with E-state index in [4.69, 9.17) is 0 Å². The van der Waals surface area contributed by atoms with Crippen LogP contribution in [0.2, 0.25) is 0 Å². The molecule has 1 fully saturated rings. The van der Waals surface area contributed by atoms with E-state index in [2.05, 4.69) is 25.6 Å². The molecule has 132 valence electrons. The van der Waals surface area contributed by atoms with E-state index in [9.17, 15) is 9.59 Å². The molecular weight excluding hydrogens is 332 g/mol. The van der Waals surface area contributed by atoms with Crippen molar-refractivity contribution < 1.29 is 4.79 Å². The number of aryl methyl sites for hydroxylation is 1. The molecule has 1 aliphatic carbocycles. The fraction of sp³-hybridized carbons (Fsp3) is 0.278. The Bertz CT molecular complexity index is 1050. The van der Waals surface area contributed by atoms with E-state index >= 15 is 0 Å². The number of fused-ring (bicyclic) bond motifs is 1. The quantitative estimate of drug-likeness (QED) is 0.745. The molecule has 1 saturated carbocycles. The average Bonchev–Trinajstić information content (AvgIpc) is 3.42. The molecule has 0 bridgehead atoms. The smallest absolute Gasteiger partial charge is 0.264 e. The van der Waals surface area contributed by atoms with Crippen LogP contribution in [0.5, 0.6) is 0 Å². The van der Waals surface area contributed by atoms with Gasteiger partial charge in [0, 0.05) is 31.8 Å². The number of amides is 1. The Kier molecular flexibility index (Phi) is 3.87. The molecule has 0 radical (unpaired) electrons. The van der Waals surface area contributed by atoms with Gasteiger partial charge < -0.3 is 15.2 Å². The Morgan fingerprint density at radius 1 is 1.27 bits per heavy atom. The molecule has 3 aromatic rings. The maximum absolute atomic E-state index is 12.5. The first-order valence-electron chi connectivity index (χ1n) is 8.38. The van der Waals surface area contributed by atoms with Crippen molar-refractivity contribution in [3.05, 3.63) is 41.1 Å². The third-order valence-corrected chi connectivity index (χ3v) is 4.18. The molecule has 8 heteroatoms. The Morgan fingerprint density at radius 3 is 2.73 bits per heavy atom. The highest BCUT2D eigenvalue weighted by atomic mass is 16.1. The SMILES string of the molecule is CC(=O)Nc1ccc(-c2cc3ncn(C)c(=O)c3c(NC3CC3)n2)cn1. The van der Waals surface area contributed by atoms with Crippen LogP contribution in [0.25, 0.3) is 22.2 Å². The molecule has 0 atom stereocenters. The first kappa shape index (κ1) is 16.2. The number of hydrogen-bond donors (Lipinski definition) is 2. The van der Waals surface area contributed by atoms with E-state index in [1.807, 2.05) is 6.07 Å². The number of carbonyl (C=O) groups excluding carboxylic acids is 1. The molecule has 2 N–H and O–H groups in total. The van der Waals surface area contributed by atoms with Gasteiger partial charge in [0.25, 0.3) is 5.56 Å². The number of anilines is 2. The summed E-state index contributed by atoms with van der Waals surface area (Å²) in [5.74, 6) is 0.857. The number of carbonyl (C=O) groups is 1. The fourth-order valence-electron chi connectivity index (χ4n) is 2.69. The van der Waals surface area contributed by atoms with Gasteiger partial charge in [-0.3, -0.25) is 9.59 Å². The van der Waals surface area contributed by atoms with Gasteiger partial charge in [-0.15, -0.1) is 0 Å². The molecule has 1 aliphatic rings. The van der Waals surface area contributed by atoms with Gasteiger partial charge in [0.05, 0.1) is 17.5 Å². The van der Waals surface area contributed by atoms with Crippen LogP contribution < -0.4 is 16.2 Å². The number of nitrogens with zero attached hydrogens (tertiary/aromatic N) is 4. The molecule has 0 spiro atoms. The lowest BCUT2D eigenvalue weighted by Crippen LogP contribution is -2.19. The van der Waals surface area contributed by atoms with Gasteiger partial charge in [0.15, 0.2) is 0 Å². The van der Waals surface area contributed by atoms with Crippen LogP contribution in [-0.2, 0) is 11.8 Å². The van der Waals surface area contributed by atoms with Crippen molar-refractivity contribution in [2.75, 3.05) is 10.6 Å².